The second-order valence-corrected chi connectivity index (χ2v) is 25.3. The fraction of sp³-hybridized carbons (Fsp3) is 0.438. The summed E-state index contributed by atoms with van der Waals surface area (Å²) in [5, 5.41) is 32.7. The number of esters is 2. The van der Waals surface area contributed by atoms with Crippen LogP contribution in [0, 0.1) is 23.7 Å². The number of ether oxygens (including phenoxy) is 4. The molecule has 8 aliphatic rings. The molecular formula is C73H78O11. The molecule has 14 rings (SSSR count). The number of aryl methyl sites for hydroxylation is 1. The van der Waals surface area contributed by atoms with Gasteiger partial charge in [0.05, 0.1) is 25.4 Å². The highest BCUT2D eigenvalue weighted by molar-refractivity contribution is 5.90. The quantitative estimate of drug-likeness (QED) is 0.0518. The van der Waals surface area contributed by atoms with Crippen molar-refractivity contribution in [3.63, 3.8) is 0 Å². The largest absolute Gasteiger partial charge is 0.482 e. The van der Waals surface area contributed by atoms with Crippen molar-refractivity contribution in [3.8, 4) is 5.75 Å². The lowest BCUT2D eigenvalue weighted by atomic mass is 9.63. The van der Waals surface area contributed by atoms with Crippen molar-refractivity contribution in [2.75, 3.05) is 26.9 Å². The molecule has 3 aliphatic heterocycles. The topological polar surface area (TPSA) is 162 Å². The van der Waals surface area contributed by atoms with Gasteiger partial charge >= 0.3 is 17.6 Å². The highest BCUT2D eigenvalue weighted by atomic mass is 16.6. The fourth-order valence-electron chi connectivity index (χ4n) is 17.0. The van der Waals surface area contributed by atoms with Gasteiger partial charge in [-0.15, -0.1) is 0 Å². The Bertz CT molecular complexity index is 3580. The van der Waals surface area contributed by atoms with Crippen LogP contribution in [0.5, 0.6) is 5.75 Å². The molecule has 3 N–H and O–H groups in total. The molecule has 5 aromatic carbocycles. The SMILES string of the molecule is COC[C@@H](CCO)c1c(CO)c2ccc3c(c2oc1=O)[C@H]1OC(=O)C[C@H]2C[C@H](c4cccc(C5(c6ccccc6)CCCCC5)c4)C=C[C@H]2c2ccc(cc2)CC/C(=C(\C)CO)C(=O)O[C@@H]1[C@@]1(CCC[C@@H]2[C@H]4C=Cc5ccccc5[C@@H]4C[C@@H]21)O3. The van der Waals surface area contributed by atoms with Crippen LogP contribution in [0.1, 0.15) is 176 Å². The number of aliphatic hydroxyl groups excluding tert-OH is 3. The molecule has 11 atom stereocenters. The minimum atomic E-state index is -1.34. The van der Waals surface area contributed by atoms with Gasteiger partial charge in [-0.1, -0.05) is 147 Å². The van der Waals surface area contributed by atoms with Crippen molar-refractivity contribution < 1.29 is 48.3 Å². The van der Waals surface area contributed by atoms with Gasteiger partial charge in [-0.2, -0.15) is 0 Å². The number of fused-ring (bicyclic) bond motifs is 17. The fourth-order valence-corrected chi connectivity index (χ4v) is 17.0. The molecular weight excluding hydrogens is 1050 g/mol. The van der Waals surface area contributed by atoms with Gasteiger partial charge < -0.3 is 38.7 Å². The van der Waals surface area contributed by atoms with Gasteiger partial charge in [-0.3, -0.25) is 4.79 Å². The summed E-state index contributed by atoms with van der Waals surface area (Å²) in [5.74, 6) is -1.44. The van der Waals surface area contributed by atoms with Gasteiger partial charge in [0.1, 0.15) is 11.3 Å². The first-order valence-electron chi connectivity index (χ1n) is 31.0. The minimum absolute atomic E-state index is 0.00220. The zero-order chi connectivity index (χ0) is 57.7. The van der Waals surface area contributed by atoms with E-state index in [2.05, 4.69) is 127 Å². The van der Waals surface area contributed by atoms with E-state index in [0.29, 0.717) is 47.1 Å². The summed E-state index contributed by atoms with van der Waals surface area (Å²) in [4.78, 5) is 46.1. The molecule has 11 nitrogen and oxygen atoms in total. The standard InChI is InChI=1S/C73H78O11/c1-44(41-75)54-27-22-45-20-23-47(24-21-45)55-28-26-49(48-14-11-17-53(38-48)72(33-9-4-10-34-72)52-15-5-3-6-16-52)37-51(55)39-64(77)81-68-66-63(31-30-59-61(42-76)65(71(79)82-67(59)66)50(32-36-74)43-80-2)84-73(69(68)83-70(54)78)35-12-19-58-57-29-25-46-13-7-8-18-56(46)60(57)40-62(58)73/h3,5-8,11,13-18,20-21,23-26,28-31,38,49-51,55,57-58,60,62,68-69,74-76H,4,9-10,12,19,22,27,32-37,39-43H2,1-2H3/b54-44-/t49-,50-,51-,55+,57-,58-,60+,62+,68-,69+,73+/m1/s1. The Hall–Kier alpha value is -6.89. The minimum Gasteiger partial charge on any atom is -0.482 e. The van der Waals surface area contributed by atoms with Crippen LogP contribution in [0.25, 0.3) is 17.0 Å². The lowest BCUT2D eigenvalue weighted by Crippen LogP contribution is -2.62. The molecule has 0 amide bonds. The first-order chi connectivity index (χ1) is 41.1. The molecule has 4 heterocycles. The lowest BCUT2D eigenvalue weighted by molar-refractivity contribution is -0.212. The van der Waals surface area contributed by atoms with Crippen LogP contribution < -0.4 is 10.4 Å². The molecule has 2 bridgehead atoms. The van der Waals surface area contributed by atoms with Crippen molar-refractivity contribution in [1.82, 2.24) is 0 Å². The van der Waals surface area contributed by atoms with E-state index < -0.39 is 47.9 Å². The van der Waals surface area contributed by atoms with Crippen molar-refractivity contribution in [2.24, 2.45) is 23.7 Å². The maximum Gasteiger partial charge on any atom is 0.340 e. The van der Waals surface area contributed by atoms with E-state index in [1.54, 1.807) is 13.0 Å². The highest BCUT2D eigenvalue weighted by Crippen LogP contribution is 2.64. The monoisotopic (exact) mass is 1130 g/mol. The number of hydrogen-bond acceptors (Lipinski definition) is 11. The Morgan fingerprint density at radius 3 is 2.36 bits per heavy atom. The number of carbonyl (C=O) groups excluding carboxylic acids is 2. The predicted octanol–water partition coefficient (Wildman–Crippen LogP) is 13.3. The Morgan fingerprint density at radius 1 is 0.774 bits per heavy atom. The number of hydrogen-bond donors (Lipinski definition) is 3. The Balaban J connectivity index is 0.962. The number of benzene rings is 5. The second-order valence-electron chi connectivity index (χ2n) is 25.3. The first-order valence-corrected chi connectivity index (χ1v) is 31.0. The molecule has 84 heavy (non-hydrogen) atoms. The van der Waals surface area contributed by atoms with E-state index in [0.717, 1.165) is 43.2 Å². The van der Waals surface area contributed by atoms with E-state index in [4.69, 9.17) is 23.4 Å². The molecule has 11 heteroatoms. The third-order valence-corrected chi connectivity index (χ3v) is 21.0. The number of allylic oxidation sites excluding steroid dienone is 3. The van der Waals surface area contributed by atoms with Crippen LogP contribution in [0.2, 0.25) is 0 Å². The Kier molecular flexibility index (Phi) is 15.8. The van der Waals surface area contributed by atoms with Gasteiger partial charge in [-0.25, -0.2) is 9.59 Å². The molecule has 3 saturated carbocycles. The van der Waals surface area contributed by atoms with Gasteiger partial charge in [0.2, 0.25) is 0 Å². The smallest absolute Gasteiger partial charge is 0.340 e. The average Bonchev–Trinajstić information content (AvgIpc) is 1.55. The maximum absolute atomic E-state index is 15.9. The zero-order valence-corrected chi connectivity index (χ0v) is 48.4. The van der Waals surface area contributed by atoms with Gasteiger partial charge in [0.15, 0.2) is 17.8 Å². The normalized spacial score (nSPS) is 28.8. The molecule has 436 valence electrons. The number of aliphatic hydroxyl groups is 3. The van der Waals surface area contributed by atoms with Crippen LogP contribution >= 0.6 is 0 Å². The Morgan fingerprint density at radius 2 is 1.57 bits per heavy atom. The van der Waals surface area contributed by atoms with E-state index in [9.17, 15) is 20.1 Å². The Labute approximate surface area is 492 Å². The first kappa shape index (κ1) is 56.3. The van der Waals surface area contributed by atoms with Crippen LogP contribution in [-0.2, 0) is 42.2 Å². The summed E-state index contributed by atoms with van der Waals surface area (Å²) in [6, 6.07) is 40.8. The zero-order valence-electron chi connectivity index (χ0n) is 48.4. The summed E-state index contributed by atoms with van der Waals surface area (Å²) in [7, 11) is 1.52. The number of carbonyl (C=O) groups is 2. The highest BCUT2D eigenvalue weighted by Gasteiger charge is 2.65. The van der Waals surface area contributed by atoms with Crippen molar-refractivity contribution >= 4 is 29.0 Å². The maximum atomic E-state index is 15.9. The third kappa shape index (κ3) is 9.90. The van der Waals surface area contributed by atoms with Crippen LogP contribution in [-0.4, -0.2) is 65.9 Å². The van der Waals surface area contributed by atoms with Crippen LogP contribution in [0.4, 0.5) is 0 Å². The van der Waals surface area contributed by atoms with Crippen molar-refractivity contribution in [1.29, 1.82) is 0 Å². The molecule has 0 unspecified atom stereocenters. The van der Waals surface area contributed by atoms with Crippen LogP contribution in [0.3, 0.4) is 0 Å². The molecule has 1 spiro atoms. The summed E-state index contributed by atoms with van der Waals surface area (Å²) in [6.07, 6.45) is 16.9. The summed E-state index contributed by atoms with van der Waals surface area (Å²) >= 11 is 0. The van der Waals surface area contributed by atoms with E-state index >= 15 is 9.59 Å². The molecule has 0 saturated heterocycles. The van der Waals surface area contributed by atoms with E-state index in [1.807, 2.05) is 6.07 Å². The van der Waals surface area contributed by atoms with E-state index in [1.165, 1.54) is 54.2 Å². The third-order valence-electron chi connectivity index (χ3n) is 21.0. The molecule has 0 radical (unpaired) electrons. The van der Waals surface area contributed by atoms with Gasteiger partial charge in [-0.05, 0) is 157 Å². The molecule has 5 aliphatic carbocycles. The van der Waals surface area contributed by atoms with Crippen molar-refractivity contribution in [2.45, 2.75) is 150 Å². The molecule has 1 aromatic heterocycles. The lowest BCUT2D eigenvalue weighted by Gasteiger charge is -2.53. The molecule has 3 fully saturated rings. The summed E-state index contributed by atoms with van der Waals surface area (Å²) in [6.45, 7) is 0.701. The summed E-state index contributed by atoms with van der Waals surface area (Å²) in [5.41, 5.74) is 8.03. The van der Waals surface area contributed by atoms with E-state index in [-0.39, 0.29) is 103 Å². The van der Waals surface area contributed by atoms with Crippen LogP contribution in [0.15, 0.2) is 154 Å². The van der Waals surface area contributed by atoms with Gasteiger partial charge in [0.25, 0.3) is 0 Å². The summed E-state index contributed by atoms with van der Waals surface area (Å²) < 4.78 is 34.0. The van der Waals surface area contributed by atoms with Crippen molar-refractivity contribution in [3.05, 3.63) is 211 Å². The molecule has 6 aromatic rings. The predicted molar refractivity (Wildman–Crippen MR) is 323 cm³/mol. The number of rotatable bonds is 10. The number of methoxy groups -OCH3 is 1. The van der Waals surface area contributed by atoms with Gasteiger partial charge in [0, 0.05) is 65.7 Å². The second kappa shape index (κ2) is 23.5. The average molecular weight is 1130 g/mol.